The van der Waals surface area contributed by atoms with Crippen LogP contribution in [-0.2, 0) is 0 Å². The Labute approximate surface area is 50.9 Å². The summed E-state index contributed by atoms with van der Waals surface area (Å²) in [5.74, 6) is 0. The maximum Gasteiger partial charge on any atom is 0.0585 e. The van der Waals surface area contributed by atoms with Crippen molar-refractivity contribution in [1.82, 2.24) is 5.32 Å². The molecule has 0 aliphatic carbocycles. The zero-order chi connectivity index (χ0) is 6.41. The smallest absolute Gasteiger partial charge is 0.0585 e. The quantitative estimate of drug-likeness (QED) is 0.520. The SMILES string of the molecule is CC.OC[C@@H]1CCN1. The maximum atomic E-state index is 8.32. The van der Waals surface area contributed by atoms with Crippen molar-refractivity contribution in [3.8, 4) is 0 Å². The third-order valence-electron chi connectivity index (χ3n) is 1.15. The highest BCUT2D eigenvalue weighted by molar-refractivity contribution is 4.75. The molecular weight excluding hydrogens is 102 g/mol. The highest BCUT2D eigenvalue weighted by atomic mass is 16.3. The van der Waals surface area contributed by atoms with Crippen molar-refractivity contribution in [2.75, 3.05) is 13.2 Å². The van der Waals surface area contributed by atoms with Crippen molar-refractivity contribution < 1.29 is 5.11 Å². The molecule has 1 fully saturated rings. The van der Waals surface area contributed by atoms with Crippen LogP contribution in [-0.4, -0.2) is 24.3 Å². The van der Waals surface area contributed by atoms with Gasteiger partial charge in [0.15, 0.2) is 0 Å². The van der Waals surface area contributed by atoms with Crippen LogP contribution in [0.4, 0.5) is 0 Å². The second kappa shape index (κ2) is 5.06. The van der Waals surface area contributed by atoms with Gasteiger partial charge < -0.3 is 10.4 Å². The van der Waals surface area contributed by atoms with Crippen molar-refractivity contribution >= 4 is 0 Å². The van der Waals surface area contributed by atoms with E-state index in [9.17, 15) is 0 Å². The molecule has 0 unspecified atom stereocenters. The summed E-state index contributed by atoms with van der Waals surface area (Å²) >= 11 is 0. The number of hydrogen-bond donors (Lipinski definition) is 2. The van der Waals surface area contributed by atoms with Gasteiger partial charge in [-0.05, 0) is 13.0 Å². The molecule has 1 aliphatic rings. The highest BCUT2D eigenvalue weighted by Gasteiger charge is 2.13. The fourth-order valence-corrected chi connectivity index (χ4v) is 0.504. The Balaban J connectivity index is 0.000000222. The molecule has 0 spiro atoms. The normalized spacial score (nSPS) is 25.1. The summed E-state index contributed by atoms with van der Waals surface area (Å²) in [6.07, 6.45) is 1.15. The van der Waals surface area contributed by atoms with Crippen LogP contribution in [0.15, 0.2) is 0 Å². The van der Waals surface area contributed by atoms with Gasteiger partial charge in [0, 0.05) is 6.04 Å². The molecule has 2 N–H and O–H groups in total. The predicted molar refractivity (Wildman–Crippen MR) is 34.8 cm³/mol. The van der Waals surface area contributed by atoms with Gasteiger partial charge in [-0.3, -0.25) is 0 Å². The van der Waals surface area contributed by atoms with Gasteiger partial charge in [0.2, 0.25) is 0 Å². The van der Waals surface area contributed by atoms with Gasteiger partial charge >= 0.3 is 0 Å². The summed E-state index contributed by atoms with van der Waals surface area (Å²) in [7, 11) is 0. The summed E-state index contributed by atoms with van der Waals surface area (Å²) < 4.78 is 0. The molecule has 1 heterocycles. The lowest BCUT2D eigenvalue weighted by atomic mass is 10.1. The van der Waals surface area contributed by atoms with Gasteiger partial charge in [-0.1, -0.05) is 13.8 Å². The number of nitrogens with one attached hydrogen (secondary N) is 1. The Morgan fingerprint density at radius 1 is 1.62 bits per heavy atom. The Morgan fingerprint density at radius 3 is 2.12 bits per heavy atom. The summed E-state index contributed by atoms with van der Waals surface area (Å²) in [6, 6.07) is 0.421. The fraction of sp³-hybridized carbons (Fsp3) is 1.00. The zero-order valence-electron chi connectivity index (χ0n) is 5.65. The lowest BCUT2D eigenvalue weighted by Gasteiger charge is -2.24. The molecule has 1 saturated heterocycles. The van der Waals surface area contributed by atoms with E-state index in [1.54, 1.807) is 0 Å². The number of aliphatic hydroxyl groups excluding tert-OH is 1. The molecule has 0 saturated carbocycles. The zero-order valence-corrected chi connectivity index (χ0v) is 5.65. The number of aliphatic hydroxyl groups is 1. The standard InChI is InChI=1S/C4H9NO.C2H6/c6-3-4-1-2-5-4;1-2/h4-6H,1-3H2;1-2H3/t4-;/m0./s1. The number of rotatable bonds is 1. The molecule has 2 heteroatoms. The Morgan fingerprint density at radius 2 is 2.12 bits per heavy atom. The molecule has 8 heavy (non-hydrogen) atoms. The van der Waals surface area contributed by atoms with E-state index in [4.69, 9.17) is 5.11 Å². The third kappa shape index (κ3) is 2.28. The minimum absolute atomic E-state index is 0.306. The molecule has 50 valence electrons. The van der Waals surface area contributed by atoms with E-state index in [0.29, 0.717) is 12.6 Å². The van der Waals surface area contributed by atoms with Gasteiger partial charge in [-0.15, -0.1) is 0 Å². The van der Waals surface area contributed by atoms with E-state index in [1.165, 1.54) is 0 Å². The minimum atomic E-state index is 0.306. The van der Waals surface area contributed by atoms with Crippen LogP contribution < -0.4 is 5.32 Å². The molecule has 0 amide bonds. The topological polar surface area (TPSA) is 32.3 Å². The first-order valence-electron chi connectivity index (χ1n) is 3.27. The highest BCUT2D eigenvalue weighted by Crippen LogP contribution is 1.97. The molecule has 2 nitrogen and oxygen atoms in total. The van der Waals surface area contributed by atoms with Gasteiger partial charge in [0.05, 0.1) is 6.61 Å². The molecule has 0 aromatic heterocycles. The molecular formula is C6H15NO. The van der Waals surface area contributed by atoms with Crippen LogP contribution in [0, 0.1) is 0 Å². The molecule has 1 atom stereocenters. The van der Waals surface area contributed by atoms with E-state index in [-0.39, 0.29) is 0 Å². The Bertz CT molecular complexity index is 41.0. The van der Waals surface area contributed by atoms with Gasteiger partial charge in [0.1, 0.15) is 0 Å². The average Bonchev–Trinajstić information content (AvgIpc) is 1.69. The second-order valence-electron chi connectivity index (χ2n) is 1.62. The van der Waals surface area contributed by atoms with Crippen LogP contribution in [0.25, 0.3) is 0 Å². The molecule has 0 aromatic carbocycles. The summed E-state index contributed by atoms with van der Waals surface area (Å²) in [5.41, 5.74) is 0. The monoisotopic (exact) mass is 117 g/mol. The largest absolute Gasteiger partial charge is 0.395 e. The van der Waals surface area contributed by atoms with Crippen molar-refractivity contribution in [2.24, 2.45) is 0 Å². The van der Waals surface area contributed by atoms with Crippen molar-refractivity contribution in [3.63, 3.8) is 0 Å². The van der Waals surface area contributed by atoms with Crippen molar-refractivity contribution in [1.29, 1.82) is 0 Å². The van der Waals surface area contributed by atoms with E-state index in [1.807, 2.05) is 13.8 Å². The van der Waals surface area contributed by atoms with Crippen LogP contribution in [0.5, 0.6) is 0 Å². The fourth-order valence-electron chi connectivity index (χ4n) is 0.504. The van der Waals surface area contributed by atoms with E-state index < -0.39 is 0 Å². The molecule has 0 aromatic rings. The minimum Gasteiger partial charge on any atom is -0.395 e. The molecule has 0 radical (unpaired) electrons. The molecule has 1 rings (SSSR count). The first-order chi connectivity index (χ1) is 3.93. The Hall–Kier alpha value is -0.0800. The van der Waals surface area contributed by atoms with Gasteiger partial charge in [-0.25, -0.2) is 0 Å². The first-order valence-corrected chi connectivity index (χ1v) is 3.27. The summed E-state index contributed by atoms with van der Waals surface area (Å²) in [6.45, 7) is 5.39. The van der Waals surface area contributed by atoms with E-state index >= 15 is 0 Å². The lowest BCUT2D eigenvalue weighted by Crippen LogP contribution is -2.45. The summed E-state index contributed by atoms with van der Waals surface area (Å²) in [4.78, 5) is 0. The van der Waals surface area contributed by atoms with Crippen molar-refractivity contribution in [3.05, 3.63) is 0 Å². The summed E-state index contributed by atoms with van der Waals surface area (Å²) in [5, 5.41) is 11.4. The van der Waals surface area contributed by atoms with Crippen LogP contribution in [0.2, 0.25) is 0 Å². The number of hydrogen-bond acceptors (Lipinski definition) is 2. The van der Waals surface area contributed by atoms with Gasteiger partial charge in [-0.2, -0.15) is 0 Å². The second-order valence-corrected chi connectivity index (χ2v) is 1.62. The van der Waals surface area contributed by atoms with Crippen LogP contribution in [0.1, 0.15) is 20.3 Å². The first kappa shape index (κ1) is 7.92. The van der Waals surface area contributed by atoms with Crippen LogP contribution >= 0.6 is 0 Å². The predicted octanol–water partition coefficient (Wildman–Crippen LogP) is 0.367. The lowest BCUT2D eigenvalue weighted by molar-refractivity contribution is 0.199. The molecule has 1 aliphatic heterocycles. The third-order valence-corrected chi connectivity index (χ3v) is 1.15. The molecule has 0 bridgehead atoms. The average molecular weight is 117 g/mol. The van der Waals surface area contributed by atoms with E-state index in [2.05, 4.69) is 5.32 Å². The van der Waals surface area contributed by atoms with Gasteiger partial charge in [0.25, 0.3) is 0 Å². The van der Waals surface area contributed by atoms with Crippen LogP contribution in [0.3, 0.4) is 0 Å². The van der Waals surface area contributed by atoms with Crippen molar-refractivity contribution in [2.45, 2.75) is 26.3 Å². The maximum absolute atomic E-state index is 8.32. The Kier molecular flexibility index (Phi) is 5.01. The van der Waals surface area contributed by atoms with E-state index in [0.717, 1.165) is 13.0 Å².